The summed E-state index contributed by atoms with van der Waals surface area (Å²) in [6, 6.07) is 0. The van der Waals surface area contributed by atoms with Crippen LogP contribution < -0.4 is 11.3 Å². The Morgan fingerprint density at radius 1 is 1.67 bits per heavy atom. The summed E-state index contributed by atoms with van der Waals surface area (Å²) in [4.78, 5) is 0. The third-order valence-corrected chi connectivity index (χ3v) is 1.63. The van der Waals surface area contributed by atoms with Gasteiger partial charge in [-0.1, -0.05) is 6.92 Å². The SMILES string of the molecule is C[C@H](CNN)C(C)(C)O. The van der Waals surface area contributed by atoms with Crippen molar-refractivity contribution in [2.24, 2.45) is 11.8 Å². The van der Waals surface area contributed by atoms with E-state index in [1.807, 2.05) is 6.92 Å². The van der Waals surface area contributed by atoms with Gasteiger partial charge in [0.15, 0.2) is 0 Å². The number of hydrazine groups is 1. The molecule has 0 spiro atoms. The van der Waals surface area contributed by atoms with E-state index in [1.165, 1.54) is 0 Å². The second-order valence-corrected chi connectivity index (χ2v) is 2.96. The maximum absolute atomic E-state index is 9.32. The highest BCUT2D eigenvalue weighted by Crippen LogP contribution is 2.13. The molecule has 0 heterocycles. The second-order valence-electron chi connectivity index (χ2n) is 2.96. The van der Waals surface area contributed by atoms with E-state index in [0.717, 1.165) is 0 Å². The molecular formula is C6H16N2O. The lowest BCUT2D eigenvalue weighted by atomic mass is 9.93. The van der Waals surface area contributed by atoms with Crippen molar-refractivity contribution in [3.8, 4) is 0 Å². The molecule has 9 heavy (non-hydrogen) atoms. The quantitative estimate of drug-likeness (QED) is 0.370. The monoisotopic (exact) mass is 132 g/mol. The normalized spacial score (nSPS) is 15.7. The summed E-state index contributed by atoms with van der Waals surface area (Å²) in [6.07, 6.45) is 0. The van der Waals surface area contributed by atoms with Gasteiger partial charge in [0.25, 0.3) is 0 Å². The largest absolute Gasteiger partial charge is 0.390 e. The Balaban J connectivity index is 3.59. The van der Waals surface area contributed by atoms with Crippen molar-refractivity contribution >= 4 is 0 Å². The van der Waals surface area contributed by atoms with Crippen LogP contribution in [0.5, 0.6) is 0 Å². The van der Waals surface area contributed by atoms with E-state index in [-0.39, 0.29) is 5.92 Å². The highest BCUT2D eigenvalue weighted by molar-refractivity contribution is 4.73. The average Bonchev–Trinajstić information content (AvgIpc) is 1.64. The number of aliphatic hydroxyl groups is 1. The minimum Gasteiger partial charge on any atom is -0.390 e. The van der Waals surface area contributed by atoms with Crippen molar-refractivity contribution in [1.29, 1.82) is 0 Å². The van der Waals surface area contributed by atoms with Gasteiger partial charge in [-0.05, 0) is 19.8 Å². The molecule has 3 heteroatoms. The van der Waals surface area contributed by atoms with Crippen LogP contribution in [0.2, 0.25) is 0 Å². The van der Waals surface area contributed by atoms with Gasteiger partial charge in [0.1, 0.15) is 0 Å². The van der Waals surface area contributed by atoms with Crippen LogP contribution in [0.25, 0.3) is 0 Å². The fourth-order valence-corrected chi connectivity index (χ4v) is 0.427. The van der Waals surface area contributed by atoms with Crippen molar-refractivity contribution in [2.45, 2.75) is 26.4 Å². The van der Waals surface area contributed by atoms with Crippen LogP contribution in [0.1, 0.15) is 20.8 Å². The highest BCUT2D eigenvalue weighted by atomic mass is 16.3. The van der Waals surface area contributed by atoms with Crippen LogP contribution in [0.4, 0.5) is 0 Å². The Labute approximate surface area is 56.2 Å². The van der Waals surface area contributed by atoms with Gasteiger partial charge in [0, 0.05) is 6.54 Å². The molecule has 0 unspecified atom stereocenters. The molecule has 0 radical (unpaired) electrons. The van der Waals surface area contributed by atoms with E-state index in [4.69, 9.17) is 5.84 Å². The first-order valence-corrected chi connectivity index (χ1v) is 3.14. The number of nitrogens with two attached hydrogens (primary N) is 1. The van der Waals surface area contributed by atoms with E-state index < -0.39 is 5.60 Å². The zero-order valence-corrected chi connectivity index (χ0v) is 6.31. The molecule has 1 atom stereocenters. The van der Waals surface area contributed by atoms with Gasteiger partial charge in [0.05, 0.1) is 5.60 Å². The summed E-state index contributed by atoms with van der Waals surface area (Å²) in [7, 11) is 0. The molecule has 0 aromatic rings. The number of hydrogen-bond donors (Lipinski definition) is 3. The maximum Gasteiger partial charge on any atom is 0.0629 e. The molecule has 3 nitrogen and oxygen atoms in total. The van der Waals surface area contributed by atoms with Crippen LogP contribution in [0, 0.1) is 5.92 Å². The standard InChI is InChI=1S/C6H16N2O/c1-5(4-8-7)6(2,3)9/h5,8-9H,4,7H2,1-3H3/t5-/m1/s1. The van der Waals surface area contributed by atoms with Crippen LogP contribution in [-0.2, 0) is 0 Å². The minimum absolute atomic E-state index is 0.183. The number of rotatable bonds is 3. The molecule has 56 valence electrons. The number of nitrogens with one attached hydrogen (secondary N) is 1. The van der Waals surface area contributed by atoms with Gasteiger partial charge in [-0.15, -0.1) is 0 Å². The predicted octanol–water partition coefficient (Wildman–Crippen LogP) is -0.143. The molecule has 0 aliphatic carbocycles. The van der Waals surface area contributed by atoms with E-state index in [9.17, 15) is 5.11 Å². The second kappa shape index (κ2) is 3.15. The molecule has 0 rings (SSSR count). The fourth-order valence-electron chi connectivity index (χ4n) is 0.427. The van der Waals surface area contributed by atoms with E-state index >= 15 is 0 Å². The molecule has 0 saturated carbocycles. The fraction of sp³-hybridized carbons (Fsp3) is 1.00. The van der Waals surface area contributed by atoms with Gasteiger partial charge in [-0.25, -0.2) is 0 Å². The Hall–Kier alpha value is -0.120. The molecule has 4 N–H and O–H groups in total. The van der Waals surface area contributed by atoms with Crippen LogP contribution in [0.3, 0.4) is 0 Å². The van der Waals surface area contributed by atoms with Gasteiger partial charge >= 0.3 is 0 Å². The van der Waals surface area contributed by atoms with E-state index in [0.29, 0.717) is 6.54 Å². The van der Waals surface area contributed by atoms with Crippen molar-refractivity contribution in [2.75, 3.05) is 6.54 Å². The Bertz CT molecular complexity index is 77.6. The zero-order valence-electron chi connectivity index (χ0n) is 6.31. The summed E-state index contributed by atoms with van der Waals surface area (Å²) in [5.74, 6) is 5.25. The molecule has 0 saturated heterocycles. The molecule has 0 aliphatic rings. The molecule has 0 aromatic carbocycles. The predicted molar refractivity (Wildman–Crippen MR) is 37.7 cm³/mol. The summed E-state index contributed by atoms with van der Waals surface area (Å²) in [5.41, 5.74) is 1.88. The average molecular weight is 132 g/mol. The van der Waals surface area contributed by atoms with E-state index in [2.05, 4.69) is 5.43 Å². The first-order chi connectivity index (χ1) is 3.98. The summed E-state index contributed by atoms with van der Waals surface area (Å²) in [6.45, 7) is 6.13. The molecule has 0 amide bonds. The lowest BCUT2D eigenvalue weighted by molar-refractivity contribution is 0.0252. The van der Waals surface area contributed by atoms with Crippen molar-refractivity contribution in [3.63, 3.8) is 0 Å². The molecule has 0 aliphatic heterocycles. The van der Waals surface area contributed by atoms with Crippen molar-refractivity contribution in [1.82, 2.24) is 5.43 Å². The van der Waals surface area contributed by atoms with Crippen LogP contribution >= 0.6 is 0 Å². The first kappa shape index (κ1) is 8.88. The molecule has 0 aromatic heterocycles. The van der Waals surface area contributed by atoms with Crippen molar-refractivity contribution < 1.29 is 5.11 Å². The zero-order chi connectivity index (χ0) is 7.49. The minimum atomic E-state index is -0.633. The van der Waals surface area contributed by atoms with Crippen LogP contribution in [-0.4, -0.2) is 17.3 Å². The van der Waals surface area contributed by atoms with Gasteiger partial charge in [-0.3, -0.25) is 11.3 Å². The summed E-state index contributed by atoms with van der Waals surface area (Å²) in [5, 5.41) is 9.32. The number of hydrogen-bond acceptors (Lipinski definition) is 3. The lowest BCUT2D eigenvalue weighted by Gasteiger charge is -2.24. The summed E-state index contributed by atoms with van der Waals surface area (Å²) >= 11 is 0. The lowest BCUT2D eigenvalue weighted by Crippen LogP contribution is -2.38. The van der Waals surface area contributed by atoms with Crippen LogP contribution in [0.15, 0.2) is 0 Å². The molecule has 0 bridgehead atoms. The van der Waals surface area contributed by atoms with Crippen molar-refractivity contribution in [3.05, 3.63) is 0 Å². The Morgan fingerprint density at radius 2 is 2.11 bits per heavy atom. The third-order valence-electron chi connectivity index (χ3n) is 1.63. The Morgan fingerprint density at radius 3 is 2.22 bits per heavy atom. The maximum atomic E-state index is 9.32. The van der Waals surface area contributed by atoms with Gasteiger partial charge < -0.3 is 5.11 Å². The highest BCUT2D eigenvalue weighted by Gasteiger charge is 2.20. The summed E-state index contributed by atoms with van der Waals surface area (Å²) < 4.78 is 0. The van der Waals surface area contributed by atoms with Gasteiger partial charge in [0.2, 0.25) is 0 Å². The third kappa shape index (κ3) is 3.46. The molecular weight excluding hydrogens is 116 g/mol. The Kier molecular flexibility index (Phi) is 3.11. The molecule has 0 fully saturated rings. The van der Waals surface area contributed by atoms with Gasteiger partial charge in [-0.2, -0.15) is 0 Å². The smallest absolute Gasteiger partial charge is 0.0629 e. The first-order valence-electron chi connectivity index (χ1n) is 3.14. The topological polar surface area (TPSA) is 58.3 Å². The van der Waals surface area contributed by atoms with E-state index in [1.54, 1.807) is 13.8 Å².